The number of hydrogen-bond acceptors (Lipinski definition) is 15. The molecule has 3 aromatic carbocycles. The van der Waals surface area contributed by atoms with Crippen LogP contribution in [0, 0.1) is 16.7 Å². The zero-order valence-corrected chi connectivity index (χ0v) is 41.7. The fourth-order valence-electron chi connectivity index (χ4n) is 10.6. The van der Waals surface area contributed by atoms with E-state index in [9.17, 15) is 29.4 Å². The molecule has 1 saturated heterocycles. The van der Waals surface area contributed by atoms with Gasteiger partial charge in [0.05, 0.1) is 36.4 Å². The third-order valence-electron chi connectivity index (χ3n) is 14.2. The van der Waals surface area contributed by atoms with Crippen molar-refractivity contribution in [2.24, 2.45) is 16.7 Å². The number of ether oxygens (including phenoxy) is 8. The molecule has 1 heterocycles. The Morgan fingerprint density at radius 1 is 0.843 bits per heavy atom. The topological polar surface area (TPSA) is 212 Å². The molecule has 3 aromatic rings. The molecule has 2 saturated carbocycles. The maximum atomic E-state index is 15.8. The molecule has 0 radical (unpaired) electrons. The summed E-state index contributed by atoms with van der Waals surface area (Å²) in [4.78, 5) is 70.1. The number of halogens is 2. The number of esters is 3. The van der Waals surface area contributed by atoms with E-state index in [4.69, 9.17) is 61.1 Å². The number of aliphatic hydroxyl groups is 2. The fraction of sp³-hybridized carbons (Fsp3) is 0.519. The Morgan fingerprint density at radius 3 is 2.03 bits per heavy atom. The molecule has 70 heavy (non-hydrogen) atoms. The normalized spacial score (nSPS) is 29.9. The van der Waals surface area contributed by atoms with Crippen molar-refractivity contribution in [2.45, 2.75) is 128 Å². The summed E-state index contributed by atoms with van der Waals surface area (Å²) in [5, 5.41) is 29.6. The summed E-state index contributed by atoms with van der Waals surface area (Å²) in [5.41, 5.74) is -6.87. The number of carbonyl (C=O) groups is 5. The van der Waals surface area contributed by atoms with Crippen LogP contribution in [0.1, 0.15) is 88.8 Å². The minimum atomic E-state index is -2.29. The third kappa shape index (κ3) is 10.4. The lowest BCUT2D eigenvalue weighted by Crippen LogP contribution is -2.81. The highest BCUT2D eigenvalue weighted by Gasteiger charge is 2.77. The Hall–Kier alpha value is -4.91. The zero-order chi connectivity index (χ0) is 50.8. The van der Waals surface area contributed by atoms with Crippen LogP contribution < -0.4 is 5.32 Å². The van der Waals surface area contributed by atoms with Crippen molar-refractivity contribution in [3.63, 3.8) is 0 Å². The average molecular weight is 1010 g/mol. The van der Waals surface area contributed by atoms with Crippen LogP contribution in [0.4, 0.5) is 4.79 Å². The number of ketones is 1. The monoisotopic (exact) mass is 1010 g/mol. The predicted molar refractivity (Wildman–Crippen MR) is 253 cm³/mol. The summed E-state index contributed by atoms with van der Waals surface area (Å²) >= 11 is 12.0. The quantitative estimate of drug-likeness (QED) is 0.0438. The average Bonchev–Trinajstić information content (AvgIpc) is 3.32. The number of Topliss-reactive ketones (excluding diaryl/α,β-unsaturated/α-hetero) is 1. The summed E-state index contributed by atoms with van der Waals surface area (Å²) in [6.07, 6.45) is -9.79. The number of benzene rings is 3. The Morgan fingerprint density at radius 2 is 1.44 bits per heavy atom. The highest BCUT2D eigenvalue weighted by molar-refractivity contribution is 6.26. The van der Waals surface area contributed by atoms with E-state index in [-0.39, 0.29) is 37.2 Å². The smallest absolute Gasteiger partial charge is 0.408 e. The van der Waals surface area contributed by atoms with Gasteiger partial charge in [-0.25, -0.2) is 9.59 Å². The highest BCUT2D eigenvalue weighted by atomic mass is 35.5. The van der Waals surface area contributed by atoms with Crippen LogP contribution in [0.2, 0.25) is 0 Å². The molecule has 378 valence electrons. The van der Waals surface area contributed by atoms with E-state index in [0.29, 0.717) is 11.1 Å². The molecular weight excluding hydrogens is 949 g/mol. The van der Waals surface area contributed by atoms with Gasteiger partial charge in [-0.3, -0.25) is 14.4 Å². The standard InChI is InChI=1S/C52H61Cl2NO15/c1-30-34(65-29-66-46(63-27-31-17-11-8-12-18-31)40(32-19-13-9-14-20-32)55-47(60)70-48(2,3)4)24-52(62)44(69-45(59)33-21-15-10-16-22-33)42-50(7,35(67-37(56)25-53)23-36-51(42,61)28-64-36)43(58)41(68-38(57)26-54)39(30)49(52,5)6/h8-22,34-36,40-42,44,46,61-62H,23-29H2,1-7H3,(H,55,60)/t34-,35-,36+,40-,41+,42?,44-,46-,50+,51-,52+/m0/s1. The first-order chi connectivity index (χ1) is 33.1. The van der Waals surface area contributed by atoms with Gasteiger partial charge in [-0.2, -0.15) is 0 Å². The van der Waals surface area contributed by atoms with Crippen molar-refractivity contribution in [1.82, 2.24) is 5.32 Å². The molecule has 3 N–H and O–H groups in total. The van der Waals surface area contributed by atoms with Gasteiger partial charge in [0.15, 0.2) is 25.0 Å². The number of alkyl carbamates (subject to hydrolysis) is 1. The Balaban J connectivity index is 1.34. The number of nitrogens with one attached hydrogen (secondary N) is 1. The van der Waals surface area contributed by atoms with Crippen molar-refractivity contribution < 1.29 is 72.1 Å². The van der Waals surface area contributed by atoms with E-state index in [1.54, 1.807) is 84.0 Å². The van der Waals surface area contributed by atoms with Gasteiger partial charge in [0.1, 0.15) is 46.8 Å². The first-order valence-electron chi connectivity index (χ1n) is 23.1. The van der Waals surface area contributed by atoms with Gasteiger partial charge in [-0.05, 0) is 69.0 Å². The van der Waals surface area contributed by atoms with Crippen LogP contribution >= 0.6 is 23.2 Å². The lowest BCUT2D eigenvalue weighted by atomic mass is 9.44. The van der Waals surface area contributed by atoms with Crippen LogP contribution in [0.3, 0.4) is 0 Å². The summed E-state index contributed by atoms with van der Waals surface area (Å²) in [6, 6.07) is 25.3. The van der Waals surface area contributed by atoms with E-state index in [1.165, 1.54) is 19.1 Å². The largest absolute Gasteiger partial charge is 0.460 e. The Kier molecular flexibility index (Phi) is 15.9. The van der Waals surface area contributed by atoms with Crippen molar-refractivity contribution in [2.75, 3.05) is 25.2 Å². The van der Waals surface area contributed by atoms with Gasteiger partial charge < -0.3 is 53.4 Å². The Labute approximate surface area is 417 Å². The fourth-order valence-corrected chi connectivity index (χ4v) is 10.7. The van der Waals surface area contributed by atoms with Gasteiger partial charge in [0.2, 0.25) is 0 Å². The molecule has 7 rings (SSSR count). The highest BCUT2D eigenvalue weighted by Crippen LogP contribution is 2.64. The summed E-state index contributed by atoms with van der Waals surface area (Å²) < 4.78 is 49.3. The van der Waals surface area contributed by atoms with Crippen LogP contribution in [0.15, 0.2) is 102 Å². The number of amides is 1. The second kappa shape index (κ2) is 21.0. The van der Waals surface area contributed by atoms with Crippen molar-refractivity contribution in [3.8, 4) is 0 Å². The summed E-state index contributed by atoms with van der Waals surface area (Å²) in [5.74, 6) is -6.47. The number of alkyl halides is 2. The van der Waals surface area contributed by atoms with E-state index in [0.717, 1.165) is 5.56 Å². The molecule has 16 nitrogen and oxygen atoms in total. The van der Waals surface area contributed by atoms with E-state index in [1.807, 2.05) is 36.4 Å². The molecule has 3 aliphatic carbocycles. The lowest BCUT2D eigenvalue weighted by Gasteiger charge is -2.67. The van der Waals surface area contributed by atoms with Crippen LogP contribution in [0.25, 0.3) is 0 Å². The van der Waals surface area contributed by atoms with E-state index >= 15 is 4.79 Å². The second-order valence-corrected chi connectivity index (χ2v) is 20.5. The molecule has 1 unspecified atom stereocenters. The van der Waals surface area contributed by atoms with Crippen LogP contribution in [0.5, 0.6) is 0 Å². The summed E-state index contributed by atoms with van der Waals surface area (Å²) in [7, 11) is 0. The first kappa shape index (κ1) is 52.9. The maximum absolute atomic E-state index is 15.8. The van der Waals surface area contributed by atoms with Crippen LogP contribution in [-0.4, -0.2) is 119 Å². The zero-order valence-electron chi connectivity index (χ0n) is 40.2. The molecule has 18 heteroatoms. The molecular formula is C52H61Cl2NO15. The molecule has 4 aliphatic rings. The molecule has 0 spiro atoms. The maximum Gasteiger partial charge on any atom is 0.408 e. The molecule has 3 fully saturated rings. The Bertz CT molecular complexity index is 2420. The van der Waals surface area contributed by atoms with Crippen molar-refractivity contribution >= 4 is 53.0 Å². The van der Waals surface area contributed by atoms with Crippen molar-refractivity contribution in [1.29, 1.82) is 0 Å². The summed E-state index contributed by atoms with van der Waals surface area (Å²) in [6.45, 7) is 10.6. The SMILES string of the molecule is CC1=C2[C@@H](OC(=O)CCl)C(=O)[C@@]3(C)C([C@H](OC(=O)c4ccccc4)[C@](O)(C[C@@H]1OCO[C@H](OCc1ccccc1)[C@@H](NC(=O)OC(C)(C)C)c1ccccc1)C2(C)C)[C@]1(O)CO[C@@H]1C[C@@H]3OC(=O)CCl. The molecule has 2 bridgehead atoms. The van der Waals surface area contributed by atoms with E-state index < -0.39 is 125 Å². The van der Waals surface area contributed by atoms with Gasteiger partial charge in [-0.1, -0.05) is 92.7 Å². The molecule has 0 aromatic heterocycles. The molecule has 11 atom stereocenters. The number of hydrogen-bond donors (Lipinski definition) is 3. The number of carbonyl (C=O) groups excluding carboxylic acids is 5. The van der Waals surface area contributed by atoms with Gasteiger partial charge in [0.25, 0.3) is 0 Å². The second-order valence-electron chi connectivity index (χ2n) is 19.9. The lowest BCUT2D eigenvalue weighted by molar-refractivity contribution is -0.344. The first-order valence-corrected chi connectivity index (χ1v) is 24.2. The molecule has 1 amide bonds. The molecule has 1 aliphatic heterocycles. The van der Waals surface area contributed by atoms with Crippen molar-refractivity contribution in [3.05, 3.63) is 119 Å². The minimum absolute atomic E-state index is 0.0461. The van der Waals surface area contributed by atoms with Crippen LogP contribution in [-0.2, 0) is 58.9 Å². The third-order valence-corrected chi connectivity index (χ3v) is 14.6. The minimum Gasteiger partial charge on any atom is -0.460 e. The van der Waals surface area contributed by atoms with Gasteiger partial charge >= 0.3 is 24.0 Å². The predicted octanol–water partition coefficient (Wildman–Crippen LogP) is 6.90. The van der Waals surface area contributed by atoms with Gasteiger partial charge in [-0.15, -0.1) is 23.2 Å². The number of fused-ring (bicyclic) bond motifs is 5. The van der Waals surface area contributed by atoms with E-state index in [2.05, 4.69) is 5.32 Å². The number of rotatable bonds is 16. The van der Waals surface area contributed by atoms with Gasteiger partial charge in [0, 0.05) is 24.2 Å².